The third kappa shape index (κ3) is 5.72. The Morgan fingerprint density at radius 3 is 2.10 bits per heavy atom. The second-order valence-corrected chi connectivity index (χ2v) is 6.26. The van der Waals surface area contributed by atoms with Crippen LogP contribution >= 0.6 is 0 Å². The molecule has 31 heavy (non-hydrogen) atoms. The molecule has 3 aromatic rings. The van der Waals surface area contributed by atoms with Crippen LogP contribution < -0.4 is 30.2 Å². The third-order valence-electron chi connectivity index (χ3n) is 4.26. The number of hydrogen-bond acceptors (Lipinski definition) is 9. The highest BCUT2D eigenvalue weighted by molar-refractivity contribution is 5.95. The SMILES string of the molecule is COc1cc(C(=O)NCCNc2ccc(Nc3ccncc3)nn2)cc(OC)c1OC. The van der Waals surface area contributed by atoms with Gasteiger partial charge in [0.05, 0.1) is 21.3 Å². The molecule has 0 atom stereocenters. The molecule has 1 aromatic carbocycles. The number of anilines is 3. The largest absolute Gasteiger partial charge is 0.493 e. The maximum absolute atomic E-state index is 12.5. The minimum absolute atomic E-state index is 0.260. The van der Waals surface area contributed by atoms with Gasteiger partial charge in [0.1, 0.15) is 5.82 Å². The highest BCUT2D eigenvalue weighted by Crippen LogP contribution is 2.38. The molecule has 3 N–H and O–H groups in total. The fourth-order valence-electron chi connectivity index (χ4n) is 2.76. The number of methoxy groups -OCH3 is 3. The van der Waals surface area contributed by atoms with Crippen LogP contribution in [0.5, 0.6) is 17.2 Å². The maximum Gasteiger partial charge on any atom is 0.251 e. The molecular formula is C21H24N6O4. The molecule has 2 aromatic heterocycles. The summed E-state index contributed by atoms with van der Waals surface area (Å²) in [5.74, 6) is 2.23. The lowest BCUT2D eigenvalue weighted by Crippen LogP contribution is -2.29. The fourth-order valence-corrected chi connectivity index (χ4v) is 2.76. The number of benzene rings is 1. The zero-order valence-corrected chi connectivity index (χ0v) is 17.5. The lowest BCUT2D eigenvalue weighted by Gasteiger charge is -2.14. The van der Waals surface area contributed by atoms with E-state index < -0.39 is 0 Å². The number of nitrogens with zero attached hydrogens (tertiary/aromatic N) is 3. The molecule has 0 aliphatic carbocycles. The van der Waals surface area contributed by atoms with Gasteiger partial charge in [0, 0.05) is 36.7 Å². The van der Waals surface area contributed by atoms with Crippen LogP contribution in [0.4, 0.5) is 17.3 Å². The van der Waals surface area contributed by atoms with Crippen molar-refractivity contribution in [2.75, 3.05) is 45.1 Å². The molecule has 10 nitrogen and oxygen atoms in total. The second kappa shape index (κ2) is 10.6. The summed E-state index contributed by atoms with van der Waals surface area (Å²) in [5, 5.41) is 17.3. The zero-order valence-electron chi connectivity index (χ0n) is 17.5. The molecule has 10 heteroatoms. The lowest BCUT2D eigenvalue weighted by molar-refractivity contribution is 0.0954. The molecule has 0 bridgehead atoms. The van der Waals surface area contributed by atoms with E-state index in [1.165, 1.54) is 21.3 Å². The zero-order chi connectivity index (χ0) is 22.1. The molecule has 0 spiro atoms. The van der Waals surface area contributed by atoms with Crippen LogP contribution in [0.3, 0.4) is 0 Å². The van der Waals surface area contributed by atoms with Gasteiger partial charge in [0.25, 0.3) is 5.91 Å². The molecule has 0 saturated heterocycles. The van der Waals surface area contributed by atoms with E-state index in [1.54, 1.807) is 30.6 Å². The van der Waals surface area contributed by atoms with Crippen LogP contribution in [0.2, 0.25) is 0 Å². The van der Waals surface area contributed by atoms with Crippen molar-refractivity contribution in [2.24, 2.45) is 0 Å². The van der Waals surface area contributed by atoms with Gasteiger partial charge in [-0.25, -0.2) is 0 Å². The number of hydrogen-bond donors (Lipinski definition) is 3. The van der Waals surface area contributed by atoms with E-state index in [4.69, 9.17) is 14.2 Å². The topological polar surface area (TPSA) is 120 Å². The van der Waals surface area contributed by atoms with E-state index in [2.05, 4.69) is 31.1 Å². The first-order chi connectivity index (χ1) is 15.1. The molecule has 162 valence electrons. The summed E-state index contributed by atoms with van der Waals surface area (Å²) in [6.07, 6.45) is 3.39. The average molecular weight is 424 g/mol. The Bertz CT molecular complexity index is 974. The van der Waals surface area contributed by atoms with E-state index in [9.17, 15) is 4.79 Å². The summed E-state index contributed by atoms with van der Waals surface area (Å²) in [6, 6.07) is 10.5. The van der Waals surface area contributed by atoms with Gasteiger partial charge in [0.15, 0.2) is 17.3 Å². The number of aromatic nitrogens is 3. The highest BCUT2D eigenvalue weighted by atomic mass is 16.5. The smallest absolute Gasteiger partial charge is 0.251 e. The normalized spacial score (nSPS) is 10.2. The lowest BCUT2D eigenvalue weighted by atomic mass is 10.1. The van der Waals surface area contributed by atoms with Crippen molar-refractivity contribution in [3.63, 3.8) is 0 Å². The molecule has 3 rings (SSSR count). The Morgan fingerprint density at radius 1 is 0.871 bits per heavy atom. The Kier molecular flexibility index (Phi) is 7.41. The van der Waals surface area contributed by atoms with Gasteiger partial charge in [-0.2, -0.15) is 0 Å². The Hall–Kier alpha value is -4.08. The van der Waals surface area contributed by atoms with Gasteiger partial charge in [-0.3, -0.25) is 9.78 Å². The Morgan fingerprint density at radius 2 is 1.52 bits per heavy atom. The van der Waals surface area contributed by atoms with Gasteiger partial charge in [-0.15, -0.1) is 10.2 Å². The van der Waals surface area contributed by atoms with Crippen LogP contribution in [0.1, 0.15) is 10.4 Å². The summed E-state index contributed by atoms with van der Waals surface area (Å²) >= 11 is 0. The molecular weight excluding hydrogens is 400 g/mol. The standard InChI is InChI=1S/C21H24N6O4/c1-29-16-12-14(13-17(30-2)20(16)31-3)21(28)24-11-10-23-18-4-5-19(27-26-18)25-15-6-8-22-9-7-15/h4-9,12-13H,10-11H2,1-3H3,(H,23,26)(H,24,28)(H,22,25,27). The van der Waals surface area contributed by atoms with Gasteiger partial charge in [-0.1, -0.05) is 0 Å². The molecule has 0 aliphatic rings. The van der Waals surface area contributed by atoms with Gasteiger partial charge in [-0.05, 0) is 36.4 Å². The van der Waals surface area contributed by atoms with Crippen LogP contribution in [0.25, 0.3) is 0 Å². The molecule has 0 fully saturated rings. The van der Waals surface area contributed by atoms with Crippen molar-refractivity contribution in [2.45, 2.75) is 0 Å². The quantitative estimate of drug-likeness (QED) is 0.422. The van der Waals surface area contributed by atoms with Crippen LogP contribution in [0, 0.1) is 0 Å². The summed E-state index contributed by atoms with van der Waals surface area (Å²) in [5.41, 5.74) is 1.28. The van der Waals surface area contributed by atoms with E-state index in [1.807, 2.05) is 18.2 Å². The fraction of sp³-hybridized carbons (Fsp3) is 0.238. The molecule has 0 radical (unpaired) electrons. The van der Waals surface area contributed by atoms with Crippen molar-refractivity contribution in [1.29, 1.82) is 0 Å². The number of carbonyl (C=O) groups excluding carboxylic acids is 1. The number of pyridine rings is 1. The average Bonchev–Trinajstić information content (AvgIpc) is 2.82. The number of ether oxygens (including phenoxy) is 3. The second-order valence-electron chi connectivity index (χ2n) is 6.26. The predicted molar refractivity (Wildman–Crippen MR) is 116 cm³/mol. The van der Waals surface area contributed by atoms with Crippen molar-refractivity contribution in [3.8, 4) is 17.2 Å². The number of carbonyl (C=O) groups is 1. The Labute approximate surface area is 180 Å². The number of amides is 1. The van der Waals surface area contributed by atoms with Crippen molar-refractivity contribution in [3.05, 3.63) is 54.4 Å². The van der Waals surface area contributed by atoms with E-state index in [0.29, 0.717) is 47.5 Å². The highest BCUT2D eigenvalue weighted by Gasteiger charge is 2.16. The molecule has 0 aliphatic heterocycles. The van der Waals surface area contributed by atoms with Crippen molar-refractivity contribution in [1.82, 2.24) is 20.5 Å². The first-order valence-corrected chi connectivity index (χ1v) is 9.47. The predicted octanol–water partition coefficient (Wildman–Crippen LogP) is 2.48. The summed E-state index contributed by atoms with van der Waals surface area (Å²) < 4.78 is 15.8. The van der Waals surface area contributed by atoms with Crippen LogP contribution in [-0.4, -0.2) is 55.5 Å². The van der Waals surface area contributed by atoms with Gasteiger partial charge < -0.3 is 30.2 Å². The molecule has 1 amide bonds. The first-order valence-electron chi connectivity index (χ1n) is 9.47. The van der Waals surface area contributed by atoms with Crippen molar-refractivity contribution >= 4 is 23.2 Å². The first kappa shape index (κ1) is 21.6. The number of rotatable bonds is 10. The Balaban J connectivity index is 1.50. The van der Waals surface area contributed by atoms with Gasteiger partial charge in [0.2, 0.25) is 5.75 Å². The summed E-state index contributed by atoms with van der Waals surface area (Å²) in [7, 11) is 4.51. The van der Waals surface area contributed by atoms with Crippen LogP contribution in [-0.2, 0) is 0 Å². The van der Waals surface area contributed by atoms with Gasteiger partial charge >= 0.3 is 0 Å². The molecule has 0 saturated carbocycles. The third-order valence-corrected chi connectivity index (χ3v) is 4.26. The van der Waals surface area contributed by atoms with E-state index in [-0.39, 0.29) is 5.91 Å². The summed E-state index contributed by atoms with van der Waals surface area (Å²) in [4.78, 5) is 16.4. The monoisotopic (exact) mass is 424 g/mol. The summed E-state index contributed by atoms with van der Waals surface area (Å²) in [6.45, 7) is 0.857. The van der Waals surface area contributed by atoms with Crippen LogP contribution in [0.15, 0.2) is 48.8 Å². The molecule has 2 heterocycles. The van der Waals surface area contributed by atoms with Crippen molar-refractivity contribution < 1.29 is 19.0 Å². The minimum atomic E-state index is -0.260. The number of nitrogens with one attached hydrogen (secondary N) is 3. The van der Waals surface area contributed by atoms with E-state index >= 15 is 0 Å². The molecule has 0 unspecified atom stereocenters. The maximum atomic E-state index is 12.5. The minimum Gasteiger partial charge on any atom is -0.493 e. The van der Waals surface area contributed by atoms with E-state index in [0.717, 1.165) is 5.69 Å².